The second-order valence-corrected chi connectivity index (χ2v) is 8.07. The van der Waals surface area contributed by atoms with Gasteiger partial charge >= 0.3 is 0 Å². The number of fused-ring (bicyclic) bond motifs is 1. The van der Waals surface area contributed by atoms with Crippen molar-refractivity contribution in [3.05, 3.63) is 132 Å². The summed E-state index contributed by atoms with van der Waals surface area (Å²) in [5, 5.41) is 4.53. The first-order valence-electron chi connectivity index (χ1n) is 11.2. The van der Waals surface area contributed by atoms with E-state index in [1.54, 1.807) is 0 Å². The van der Waals surface area contributed by atoms with Gasteiger partial charge in [-0.2, -0.15) is 0 Å². The Morgan fingerprint density at radius 2 is 1.29 bits per heavy atom. The summed E-state index contributed by atoms with van der Waals surface area (Å²) in [6.45, 7) is 0. The first kappa shape index (κ1) is 20.0. The van der Waals surface area contributed by atoms with E-state index in [1.165, 1.54) is 0 Å². The van der Waals surface area contributed by atoms with Gasteiger partial charge in [0.05, 0.1) is 5.52 Å². The number of para-hydroxylation sites is 1. The van der Waals surface area contributed by atoms with E-state index in [1.807, 2.05) is 91.1 Å². The molecule has 2 heterocycles. The predicted molar refractivity (Wildman–Crippen MR) is 137 cm³/mol. The van der Waals surface area contributed by atoms with Crippen molar-refractivity contribution in [3.63, 3.8) is 0 Å². The minimum absolute atomic E-state index is 0.255. The van der Waals surface area contributed by atoms with Crippen molar-refractivity contribution in [2.24, 2.45) is 9.98 Å². The molecule has 0 saturated heterocycles. The van der Waals surface area contributed by atoms with Crippen LogP contribution in [0.15, 0.2) is 125 Å². The summed E-state index contributed by atoms with van der Waals surface area (Å²) in [7, 11) is 0. The summed E-state index contributed by atoms with van der Waals surface area (Å²) in [6, 6.07) is 36.5. The summed E-state index contributed by atoms with van der Waals surface area (Å²) in [5.41, 5.74) is 4.96. The fourth-order valence-corrected chi connectivity index (χ4v) is 4.00. The maximum atomic E-state index is 4.93. The molecule has 34 heavy (non-hydrogen) atoms. The van der Waals surface area contributed by atoms with Gasteiger partial charge in [-0.3, -0.25) is 0 Å². The molecule has 5 aromatic rings. The van der Waals surface area contributed by atoms with E-state index in [0.29, 0.717) is 11.7 Å². The first-order chi connectivity index (χ1) is 16.8. The molecule has 1 aliphatic rings. The van der Waals surface area contributed by atoms with Gasteiger partial charge in [-0.05, 0) is 11.6 Å². The van der Waals surface area contributed by atoms with Crippen molar-refractivity contribution in [1.82, 2.24) is 15.3 Å². The third-order valence-corrected chi connectivity index (χ3v) is 5.80. The van der Waals surface area contributed by atoms with E-state index in [0.717, 1.165) is 39.0 Å². The number of nitrogens with one attached hydrogen (secondary N) is 1. The maximum absolute atomic E-state index is 4.93. The molecule has 5 nitrogen and oxygen atoms in total. The number of hydrogen-bond acceptors (Lipinski definition) is 5. The molecule has 0 fully saturated rings. The summed E-state index contributed by atoms with van der Waals surface area (Å²) < 4.78 is 0. The van der Waals surface area contributed by atoms with Crippen molar-refractivity contribution in [2.45, 2.75) is 6.17 Å². The number of benzene rings is 4. The zero-order valence-corrected chi connectivity index (χ0v) is 18.3. The van der Waals surface area contributed by atoms with Gasteiger partial charge in [0, 0.05) is 28.3 Å². The zero-order valence-electron chi connectivity index (χ0n) is 18.3. The minimum Gasteiger partial charge on any atom is -0.344 e. The van der Waals surface area contributed by atoms with Crippen molar-refractivity contribution < 1.29 is 0 Å². The minimum atomic E-state index is -0.255. The van der Waals surface area contributed by atoms with Crippen LogP contribution in [0.1, 0.15) is 22.9 Å². The van der Waals surface area contributed by atoms with Gasteiger partial charge in [0.1, 0.15) is 12.0 Å². The molecule has 0 spiro atoms. The molecule has 0 aliphatic carbocycles. The average molecular weight is 440 g/mol. The molecule has 0 bridgehead atoms. The Morgan fingerprint density at radius 1 is 0.618 bits per heavy atom. The van der Waals surface area contributed by atoms with Crippen molar-refractivity contribution in [1.29, 1.82) is 0 Å². The number of rotatable bonds is 4. The first-order valence-corrected chi connectivity index (χ1v) is 11.2. The maximum Gasteiger partial charge on any atom is 0.159 e. The highest BCUT2D eigenvalue weighted by atomic mass is 15.2. The Kier molecular flexibility index (Phi) is 5.13. The Hall–Kier alpha value is -4.64. The molecule has 162 valence electrons. The molecule has 1 unspecified atom stereocenters. The number of aliphatic imine (C=N–C) groups is 2. The van der Waals surface area contributed by atoms with E-state index in [9.17, 15) is 0 Å². The number of nitrogens with zero attached hydrogens (tertiary/aromatic N) is 4. The summed E-state index contributed by atoms with van der Waals surface area (Å²) in [6.07, 6.45) is 1.61. The lowest BCUT2D eigenvalue weighted by molar-refractivity contribution is 0.674. The van der Waals surface area contributed by atoms with Gasteiger partial charge in [-0.15, -0.1) is 0 Å². The van der Waals surface area contributed by atoms with Crippen LogP contribution in [0.3, 0.4) is 0 Å². The number of amidine groups is 2. The van der Waals surface area contributed by atoms with E-state index in [2.05, 4.69) is 34.6 Å². The van der Waals surface area contributed by atoms with Crippen LogP contribution < -0.4 is 5.32 Å². The van der Waals surface area contributed by atoms with Gasteiger partial charge in [-0.1, -0.05) is 103 Å². The Labute approximate surface area is 197 Å². The third-order valence-electron chi connectivity index (χ3n) is 5.80. The topological polar surface area (TPSA) is 62.5 Å². The fraction of sp³-hybridized carbons (Fsp3) is 0.0345. The van der Waals surface area contributed by atoms with Crippen LogP contribution in [0.4, 0.5) is 0 Å². The van der Waals surface area contributed by atoms with E-state index >= 15 is 0 Å². The lowest BCUT2D eigenvalue weighted by Gasteiger charge is -2.23. The fourth-order valence-electron chi connectivity index (χ4n) is 4.00. The second kappa shape index (κ2) is 8.71. The number of hydrogen-bond donors (Lipinski definition) is 1. The lowest BCUT2D eigenvalue weighted by Crippen LogP contribution is -2.33. The zero-order chi connectivity index (χ0) is 22.7. The Bertz CT molecular complexity index is 1510. The Morgan fingerprint density at radius 3 is 2.06 bits per heavy atom. The van der Waals surface area contributed by atoms with E-state index in [4.69, 9.17) is 15.0 Å². The standard InChI is InChI=1S/C29H21N5/c1-3-9-20(10-4-1)27-32-28(21-11-5-2-6-12-21)34-29(33-27)23-17-15-22(16-18-23)26-30-19-24-13-7-8-14-25(24)31-26/h1-19,29H,(H,32,33,34). The predicted octanol–water partition coefficient (Wildman–Crippen LogP) is 5.79. The van der Waals surface area contributed by atoms with Gasteiger partial charge < -0.3 is 5.32 Å². The van der Waals surface area contributed by atoms with Crippen LogP contribution in [0.2, 0.25) is 0 Å². The lowest BCUT2D eigenvalue weighted by atomic mass is 10.1. The van der Waals surface area contributed by atoms with Crippen LogP contribution in [0.5, 0.6) is 0 Å². The van der Waals surface area contributed by atoms with Gasteiger partial charge in [0.25, 0.3) is 0 Å². The van der Waals surface area contributed by atoms with Crippen LogP contribution in [-0.4, -0.2) is 21.6 Å². The average Bonchev–Trinajstić information content (AvgIpc) is 2.93. The van der Waals surface area contributed by atoms with Crippen LogP contribution in [0.25, 0.3) is 22.3 Å². The second-order valence-electron chi connectivity index (χ2n) is 8.07. The molecule has 1 aromatic heterocycles. The molecule has 1 N–H and O–H groups in total. The molecule has 4 aromatic carbocycles. The van der Waals surface area contributed by atoms with Gasteiger partial charge in [0.2, 0.25) is 0 Å². The van der Waals surface area contributed by atoms with E-state index in [-0.39, 0.29) is 6.17 Å². The highest BCUT2D eigenvalue weighted by Gasteiger charge is 2.21. The number of aromatic nitrogens is 2. The molecular formula is C29H21N5. The molecule has 1 aliphatic heterocycles. The summed E-state index contributed by atoms with van der Waals surface area (Å²) >= 11 is 0. The summed E-state index contributed by atoms with van der Waals surface area (Å²) in [4.78, 5) is 19.0. The highest BCUT2D eigenvalue weighted by molar-refractivity contribution is 6.13. The van der Waals surface area contributed by atoms with Crippen LogP contribution in [-0.2, 0) is 0 Å². The van der Waals surface area contributed by atoms with Crippen molar-refractivity contribution >= 4 is 22.6 Å². The van der Waals surface area contributed by atoms with E-state index < -0.39 is 0 Å². The molecule has 5 heteroatoms. The monoisotopic (exact) mass is 439 g/mol. The summed E-state index contributed by atoms with van der Waals surface area (Å²) in [5.74, 6) is 2.23. The van der Waals surface area contributed by atoms with Crippen LogP contribution >= 0.6 is 0 Å². The molecular weight excluding hydrogens is 418 g/mol. The molecule has 0 amide bonds. The Balaban J connectivity index is 1.35. The molecule has 0 radical (unpaired) electrons. The molecule has 0 saturated carbocycles. The van der Waals surface area contributed by atoms with Crippen molar-refractivity contribution in [3.8, 4) is 11.4 Å². The van der Waals surface area contributed by atoms with Gasteiger partial charge in [-0.25, -0.2) is 20.0 Å². The smallest absolute Gasteiger partial charge is 0.159 e. The molecule has 1 atom stereocenters. The van der Waals surface area contributed by atoms with Crippen LogP contribution in [0, 0.1) is 0 Å². The highest BCUT2D eigenvalue weighted by Crippen LogP contribution is 2.25. The third kappa shape index (κ3) is 3.95. The normalized spacial score (nSPS) is 15.4. The largest absolute Gasteiger partial charge is 0.344 e. The quantitative estimate of drug-likeness (QED) is 0.385. The van der Waals surface area contributed by atoms with Crippen molar-refractivity contribution in [2.75, 3.05) is 0 Å². The SMILES string of the molecule is c1ccc(C2=NC(c3ccc(-c4ncc5ccccc5n4)cc3)NC(c3ccccc3)=N2)cc1. The van der Waals surface area contributed by atoms with Gasteiger partial charge in [0.15, 0.2) is 11.7 Å². The molecule has 6 rings (SSSR count).